The first-order valence-electron chi connectivity index (χ1n) is 11.3. The summed E-state index contributed by atoms with van der Waals surface area (Å²) in [6.07, 6.45) is 14.7. The Hall–Kier alpha value is -0.810. The van der Waals surface area contributed by atoms with Gasteiger partial charge in [0, 0.05) is 34.4 Å². The van der Waals surface area contributed by atoms with Gasteiger partial charge in [-0.2, -0.15) is 0 Å². The Morgan fingerprint density at radius 2 is 1.33 bits per heavy atom. The van der Waals surface area contributed by atoms with Crippen molar-refractivity contribution in [3.63, 3.8) is 0 Å². The predicted molar refractivity (Wildman–Crippen MR) is 122 cm³/mol. The van der Waals surface area contributed by atoms with Gasteiger partial charge in [0.15, 0.2) is 0 Å². The van der Waals surface area contributed by atoms with E-state index in [0.717, 1.165) is 11.3 Å². The first-order chi connectivity index (χ1) is 13.0. The highest BCUT2D eigenvalue weighted by atomic mass is 31.1. The van der Waals surface area contributed by atoms with Gasteiger partial charge >= 0.3 is 0 Å². The van der Waals surface area contributed by atoms with Crippen LogP contribution in [0.3, 0.4) is 0 Å². The van der Waals surface area contributed by atoms with Crippen LogP contribution in [0.5, 0.6) is 0 Å². The second-order valence-corrected chi connectivity index (χ2v) is 12.7. The molecule has 1 nitrogen and oxygen atoms in total. The van der Waals surface area contributed by atoms with Crippen LogP contribution in [0.4, 0.5) is 0 Å². The number of fused-ring (bicyclic) bond motifs is 1. The largest absolute Gasteiger partial charge is 0.347 e. The summed E-state index contributed by atoms with van der Waals surface area (Å²) in [5.41, 5.74) is 5.21. The number of hydrogen-bond donors (Lipinski definition) is 0. The van der Waals surface area contributed by atoms with Gasteiger partial charge in [-0.3, -0.25) is 0 Å². The van der Waals surface area contributed by atoms with Crippen LogP contribution in [0.15, 0.2) is 24.3 Å². The van der Waals surface area contributed by atoms with Gasteiger partial charge in [0.2, 0.25) is 0 Å². The zero-order valence-corrected chi connectivity index (χ0v) is 18.8. The van der Waals surface area contributed by atoms with Crippen LogP contribution in [0.1, 0.15) is 90.7 Å². The molecule has 0 unspecified atom stereocenters. The highest BCUT2D eigenvalue weighted by Crippen LogP contribution is 2.57. The molecule has 0 atom stereocenters. The minimum atomic E-state index is -0.0770. The van der Waals surface area contributed by atoms with Crippen LogP contribution in [0.2, 0.25) is 0 Å². The average molecular weight is 384 g/mol. The zero-order valence-electron chi connectivity index (χ0n) is 17.9. The van der Waals surface area contributed by atoms with E-state index in [1.165, 1.54) is 69.7 Å². The molecule has 0 amide bonds. The van der Waals surface area contributed by atoms with E-state index in [0.29, 0.717) is 0 Å². The molecule has 1 heterocycles. The molecule has 0 radical (unpaired) electrons. The standard InChI is InChI=1S/C25H38NP/c1-25(2,3)24-23(21-17-11-12-18-22(21)26(24)4)27(19-13-7-5-8-14-19)20-15-9-6-10-16-20/h11-12,17-20H,5-10,13-16H2,1-4H3. The summed E-state index contributed by atoms with van der Waals surface area (Å²) in [4.78, 5) is 0. The average Bonchev–Trinajstić information content (AvgIpc) is 2.97. The fraction of sp³-hybridized carbons (Fsp3) is 0.680. The SMILES string of the molecule is Cn1c(C(C)(C)C)c(P(C2CCCCC2)C2CCCCC2)c2ccccc21. The molecule has 0 bridgehead atoms. The van der Waals surface area contributed by atoms with E-state index >= 15 is 0 Å². The Morgan fingerprint density at radius 3 is 1.85 bits per heavy atom. The van der Waals surface area contributed by atoms with Gasteiger partial charge in [-0.1, -0.05) is 85.4 Å². The van der Waals surface area contributed by atoms with E-state index in [2.05, 4.69) is 56.7 Å². The maximum atomic E-state index is 2.55. The normalized spacial score (nSPS) is 20.6. The van der Waals surface area contributed by atoms with Crippen molar-refractivity contribution >= 4 is 24.1 Å². The monoisotopic (exact) mass is 383 g/mol. The van der Waals surface area contributed by atoms with Crippen LogP contribution in [0, 0.1) is 0 Å². The molecule has 148 valence electrons. The molecule has 0 aliphatic heterocycles. The molecule has 4 rings (SSSR count). The minimum Gasteiger partial charge on any atom is -0.347 e. The highest BCUT2D eigenvalue weighted by molar-refractivity contribution is 7.67. The quantitative estimate of drug-likeness (QED) is 0.492. The van der Waals surface area contributed by atoms with Crippen molar-refractivity contribution in [2.24, 2.45) is 7.05 Å². The van der Waals surface area contributed by atoms with Crippen molar-refractivity contribution in [2.75, 3.05) is 0 Å². The molecule has 1 aromatic heterocycles. The fourth-order valence-corrected chi connectivity index (χ4v) is 10.2. The first kappa shape index (κ1) is 19.5. The van der Waals surface area contributed by atoms with E-state index in [9.17, 15) is 0 Å². The molecular weight excluding hydrogens is 345 g/mol. The van der Waals surface area contributed by atoms with Gasteiger partial charge in [-0.25, -0.2) is 0 Å². The van der Waals surface area contributed by atoms with E-state index in [-0.39, 0.29) is 13.3 Å². The molecule has 2 saturated carbocycles. The Morgan fingerprint density at radius 1 is 0.815 bits per heavy atom. The minimum absolute atomic E-state index is 0.0770. The first-order valence-corrected chi connectivity index (χ1v) is 12.8. The second-order valence-electron chi connectivity index (χ2n) is 10.0. The van der Waals surface area contributed by atoms with Crippen LogP contribution in [-0.4, -0.2) is 15.9 Å². The lowest BCUT2D eigenvalue weighted by Gasteiger charge is -2.40. The van der Waals surface area contributed by atoms with Crippen molar-refractivity contribution < 1.29 is 0 Å². The van der Waals surface area contributed by atoms with Crippen LogP contribution < -0.4 is 5.30 Å². The smallest absolute Gasteiger partial charge is 0.0486 e. The summed E-state index contributed by atoms with van der Waals surface area (Å²) in [6.45, 7) is 7.29. The third-order valence-corrected chi connectivity index (χ3v) is 10.6. The Balaban J connectivity index is 1.91. The number of nitrogens with zero attached hydrogens (tertiary/aromatic N) is 1. The third-order valence-electron chi connectivity index (χ3n) is 6.99. The lowest BCUT2D eigenvalue weighted by molar-refractivity contribution is 0.486. The van der Waals surface area contributed by atoms with Crippen molar-refractivity contribution in [1.29, 1.82) is 0 Å². The Kier molecular flexibility index (Phi) is 5.71. The summed E-state index contributed by atoms with van der Waals surface area (Å²) >= 11 is 0. The lowest BCUT2D eigenvalue weighted by atomic mass is 9.92. The molecule has 2 aromatic rings. The topological polar surface area (TPSA) is 4.93 Å². The molecule has 1 aromatic carbocycles. The summed E-state index contributed by atoms with van der Waals surface area (Å²) < 4.78 is 2.55. The Bertz CT molecular complexity index is 751. The van der Waals surface area contributed by atoms with Gasteiger partial charge in [-0.05, 0) is 43.1 Å². The molecule has 0 saturated heterocycles. The van der Waals surface area contributed by atoms with E-state index in [1.807, 2.05) is 0 Å². The number of benzene rings is 1. The lowest BCUT2D eigenvalue weighted by Crippen LogP contribution is -2.31. The van der Waals surface area contributed by atoms with Crippen LogP contribution >= 0.6 is 7.92 Å². The molecule has 0 N–H and O–H groups in total. The third kappa shape index (κ3) is 3.74. The summed E-state index contributed by atoms with van der Waals surface area (Å²) in [7, 11) is 2.24. The van der Waals surface area contributed by atoms with Crippen molar-refractivity contribution in [1.82, 2.24) is 4.57 Å². The van der Waals surface area contributed by atoms with Gasteiger partial charge in [0.05, 0.1) is 0 Å². The maximum absolute atomic E-state index is 2.55. The molecule has 27 heavy (non-hydrogen) atoms. The van der Waals surface area contributed by atoms with E-state index in [4.69, 9.17) is 0 Å². The molecule has 2 fully saturated rings. The molecule has 2 heteroatoms. The van der Waals surface area contributed by atoms with Gasteiger partial charge in [0.25, 0.3) is 0 Å². The molecule has 0 spiro atoms. The van der Waals surface area contributed by atoms with Crippen molar-refractivity contribution in [2.45, 2.75) is 102 Å². The van der Waals surface area contributed by atoms with Gasteiger partial charge < -0.3 is 4.57 Å². The van der Waals surface area contributed by atoms with Crippen molar-refractivity contribution in [3.8, 4) is 0 Å². The summed E-state index contributed by atoms with van der Waals surface area (Å²) in [5, 5.41) is 3.38. The second kappa shape index (κ2) is 7.90. The number of aromatic nitrogens is 1. The molecular formula is C25H38NP. The van der Waals surface area contributed by atoms with Gasteiger partial charge in [0.1, 0.15) is 0 Å². The van der Waals surface area contributed by atoms with Gasteiger partial charge in [-0.15, -0.1) is 0 Å². The summed E-state index contributed by atoms with van der Waals surface area (Å²) in [6, 6.07) is 9.28. The predicted octanol–water partition coefficient (Wildman–Crippen LogP) is 7.25. The number of hydrogen-bond acceptors (Lipinski definition) is 0. The molecule has 2 aliphatic rings. The van der Waals surface area contributed by atoms with Crippen LogP contribution in [-0.2, 0) is 12.5 Å². The van der Waals surface area contributed by atoms with E-state index < -0.39 is 0 Å². The zero-order chi connectivity index (χ0) is 19.0. The summed E-state index contributed by atoms with van der Waals surface area (Å²) in [5.74, 6) is 0. The molecule has 2 aliphatic carbocycles. The number of aryl methyl sites for hydroxylation is 1. The highest BCUT2D eigenvalue weighted by Gasteiger charge is 2.38. The fourth-order valence-electron chi connectivity index (χ4n) is 5.87. The Labute approximate surface area is 167 Å². The van der Waals surface area contributed by atoms with Crippen molar-refractivity contribution in [3.05, 3.63) is 30.0 Å². The van der Waals surface area contributed by atoms with E-state index in [1.54, 1.807) is 16.4 Å². The number of rotatable bonds is 3. The maximum Gasteiger partial charge on any atom is 0.0486 e. The van der Waals surface area contributed by atoms with Crippen LogP contribution in [0.25, 0.3) is 10.9 Å². The number of para-hydroxylation sites is 1.